The quantitative estimate of drug-likeness (QED) is 0.602. The van der Waals surface area contributed by atoms with E-state index >= 15 is 0 Å². The van der Waals surface area contributed by atoms with Crippen molar-refractivity contribution in [2.24, 2.45) is 0 Å². The molecule has 0 aliphatic heterocycles. The number of pyridine rings is 1. The number of hydrogen-bond donors (Lipinski definition) is 1. The Bertz CT molecular complexity index is 393. The fourth-order valence-electron chi connectivity index (χ4n) is 1.73. The first-order valence-corrected chi connectivity index (χ1v) is 6.94. The molecule has 0 aliphatic rings. The van der Waals surface area contributed by atoms with E-state index in [0.717, 1.165) is 31.7 Å². The first kappa shape index (κ1) is 15.7. The summed E-state index contributed by atoms with van der Waals surface area (Å²) in [5.41, 5.74) is 1.41. The number of anilines is 1. The van der Waals surface area contributed by atoms with Crippen LogP contribution in [-0.4, -0.2) is 24.1 Å². The van der Waals surface area contributed by atoms with E-state index in [9.17, 15) is 0 Å². The molecule has 1 N–H and O–H groups in total. The molecule has 0 amide bonds. The van der Waals surface area contributed by atoms with Gasteiger partial charge in [-0.15, -0.1) is 6.58 Å². The summed E-state index contributed by atoms with van der Waals surface area (Å²) in [6.45, 7) is 12.2. The highest BCUT2D eigenvalue weighted by Crippen LogP contribution is 2.13. The van der Waals surface area contributed by atoms with Gasteiger partial charge in [-0.3, -0.25) is 0 Å². The van der Waals surface area contributed by atoms with Gasteiger partial charge in [-0.05, 0) is 51.3 Å². The highest BCUT2D eigenvalue weighted by molar-refractivity contribution is 5.40. The lowest BCUT2D eigenvalue weighted by Crippen LogP contribution is -2.35. The molecule has 0 aliphatic carbocycles. The van der Waals surface area contributed by atoms with Crippen LogP contribution in [0, 0.1) is 0 Å². The average Bonchev–Trinajstić information content (AvgIpc) is 2.36. The molecule has 0 bridgehead atoms. The number of nitrogens with one attached hydrogen (secondary N) is 1. The molecule has 0 radical (unpaired) electrons. The van der Waals surface area contributed by atoms with E-state index in [2.05, 4.69) is 61.7 Å². The lowest BCUT2D eigenvalue weighted by molar-refractivity contribution is 0.424. The molecule has 1 heterocycles. The van der Waals surface area contributed by atoms with Crippen molar-refractivity contribution in [1.29, 1.82) is 0 Å². The van der Waals surface area contributed by atoms with E-state index in [0.29, 0.717) is 0 Å². The molecule has 0 spiro atoms. The van der Waals surface area contributed by atoms with Crippen LogP contribution < -0.4 is 10.2 Å². The molecule has 3 nitrogen and oxygen atoms in total. The van der Waals surface area contributed by atoms with E-state index in [1.807, 2.05) is 12.3 Å². The maximum absolute atomic E-state index is 4.43. The van der Waals surface area contributed by atoms with Crippen LogP contribution in [-0.2, 0) is 6.54 Å². The maximum atomic E-state index is 4.43. The first-order valence-electron chi connectivity index (χ1n) is 6.94. The number of unbranched alkanes of at least 4 members (excludes halogenated alkanes) is 1. The van der Waals surface area contributed by atoms with E-state index in [1.54, 1.807) is 0 Å². The summed E-state index contributed by atoms with van der Waals surface area (Å²) in [6, 6.07) is 4.23. The first-order chi connectivity index (χ1) is 8.92. The third kappa shape index (κ3) is 6.39. The Labute approximate surface area is 117 Å². The molecule has 0 unspecified atom stereocenters. The zero-order valence-electron chi connectivity index (χ0n) is 12.7. The SMILES string of the molecule is C=CCCCN(C)c1cc(CNC(C)(C)C)ccn1. The minimum Gasteiger partial charge on any atom is -0.360 e. The molecule has 0 fully saturated rings. The minimum absolute atomic E-state index is 0.138. The van der Waals surface area contributed by atoms with Crippen molar-refractivity contribution in [3.05, 3.63) is 36.5 Å². The molecule has 19 heavy (non-hydrogen) atoms. The highest BCUT2D eigenvalue weighted by atomic mass is 15.2. The largest absolute Gasteiger partial charge is 0.360 e. The molecule has 0 atom stereocenters. The monoisotopic (exact) mass is 261 g/mol. The Morgan fingerprint density at radius 3 is 2.79 bits per heavy atom. The van der Waals surface area contributed by atoms with E-state index in [1.165, 1.54) is 5.56 Å². The van der Waals surface area contributed by atoms with Crippen LogP contribution in [0.4, 0.5) is 5.82 Å². The Kier molecular flexibility index (Phi) is 6.03. The van der Waals surface area contributed by atoms with Gasteiger partial charge in [0, 0.05) is 31.9 Å². The fraction of sp³-hybridized carbons (Fsp3) is 0.562. The average molecular weight is 261 g/mol. The van der Waals surface area contributed by atoms with Crippen LogP contribution in [0.5, 0.6) is 0 Å². The van der Waals surface area contributed by atoms with Crippen molar-refractivity contribution in [3.63, 3.8) is 0 Å². The molecule has 1 rings (SSSR count). The zero-order valence-corrected chi connectivity index (χ0v) is 12.7. The second kappa shape index (κ2) is 7.29. The lowest BCUT2D eigenvalue weighted by Gasteiger charge is -2.22. The molecule has 3 heteroatoms. The van der Waals surface area contributed by atoms with E-state index < -0.39 is 0 Å². The maximum Gasteiger partial charge on any atom is 0.128 e. The second-order valence-corrected chi connectivity index (χ2v) is 5.98. The summed E-state index contributed by atoms with van der Waals surface area (Å²) in [6.07, 6.45) is 6.02. The third-order valence-electron chi connectivity index (χ3n) is 2.93. The number of allylic oxidation sites excluding steroid dienone is 1. The van der Waals surface area contributed by atoms with Gasteiger partial charge in [-0.2, -0.15) is 0 Å². The molecular weight excluding hydrogens is 234 g/mol. The number of aromatic nitrogens is 1. The van der Waals surface area contributed by atoms with Gasteiger partial charge < -0.3 is 10.2 Å². The van der Waals surface area contributed by atoms with Crippen LogP contribution in [0.3, 0.4) is 0 Å². The molecule has 0 aromatic carbocycles. The summed E-state index contributed by atoms with van der Waals surface area (Å²) >= 11 is 0. The molecule has 0 saturated heterocycles. The molecule has 0 saturated carbocycles. The Morgan fingerprint density at radius 2 is 2.16 bits per heavy atom. The predicted octanol–water partition coefficient (Wildman–Crippen LogP) is 3.37. The normalized spacial score (nSPS) is 11.4. The highest BCUT2D eigenvalue weighted by Gasteiger charge is 2.09. The summed E-state index contributed by atoms with van der Waals surface area (Å²) in [5, 5.41) is 3.50. The molecule has 1 aromatic heterocycles. The van der Waals surface area contributed by atoms with Crippen molar-refractivity contribution in [2.75, 3.05) is 18.5 Å². The van der Waals surface area contributed by atoms with Crippen LogP contribution in [0.15, 0.2) is 31.0 Å². The van der Waals surface area contributed by atoms with Crippen molar-refractivity contribution in [3.8, 4) is 0 Å². The Hall–Kier alpha value is -1.35. The summed E-state index contributed by atoms with van der Waals surface area (Å²) < 4.78 is 0. The number of hydrogen-bond acceptors (Lipinski definition) is 3. The van der Waals surface area contributed by atoms with E-state index in [4.69, 9.17) is 0 Å². The number of rotatable bonds is 7. The topological polar surface area (TPSA) is 28.2 Å². The lowest BCUT2D eigenvalue weighted by atomic mass is 10.1. The fourth-order valence-corrected chi connectivity index (χ4v) is 1.73. The van der Waals surface area contributed by atoms with Gasteiger partial charge in [-0.25, -0.2) is 4.98 Å². The number of nitrogens with zero attached hydrogens (tertiary/aromatic N) is 2. The molecule has 106 valence electrons. The van der Waals surface area contributed by atoms with Gasteiger partial charge >= 0.3 is 0 Å². The van der Waals surface area contributed by atoms with Gasteiger partial charge in [0.25, 0.3) is 0 Å². The van der Waals surface area contributed by atoms with Crippen LogP contribution in [0.2, 0.25) is 0 Å². The van der Waals surface area contributed by atoms with Crippen LogP contribution in [0.1, 0.15) is 39.2 Å². The van der Waals surface area contributed by atoms with Gasteiger partial charge in [0.2, 0.25) is 0 Å². The van der Waals surface area contributed by atoms with Crippen LogP contribution in [0.25, 0.3) is 0 Å². The zero-order chi connectivity index (χ0) is 14.3. The van der Waals surface area contributed by atoms with Gasteiger partial charge in [0.05, 0.1) is 0 Å². The predicted molar refractivity (Wildman–Crippen MR) is 83.5 cm³/mol. The van der Waals surface area contributed by atoms with Crippen LogP contribution >= 0.6 is 0 Å². The van der Waals surface area contributed by atoms with Crippen molar-refractivity contribution >= 4 is 5.82 Å². The van der Waals surface area contributed by atoms with Gasteiger partial charge in [-0.1, -0.05) is 6.08 Å². The van der Waals surface area contributed by atoms with Crippen molar-refractivity contribution in [1.82, 2.24) is 10.3 Å². The standard InChI is InChI=1S/C16H27N3/c1-6-7-8-11-19(5)15-12-14(9-10-17-15)13-18-16(2,3)4/h6,9-10,12,18H,1,7-8,11,13H2,2-5H3. The smallest absolute Gasteiger partial charge is 0.128 e. The minimum atomic E-state index is 0.138. The summed E-state index contributed by atoms with van der Waals surface area (Å²) in [5.74, 6) is 1.04. The molecular formula is C16H27N3. The Balaban J connectivity index is 2.58. The Morgan fingerprint density at radius 1 is 1.42 bits per heavy atom. The summed E-state index contributed by atoms with van der Waals surface area (Å²) in [7, 11) is 2.09. The van der Waals surface area contributed by atoms with Crippen molar-refractivity contribution < 1.29 is 0 Å². The third-order valence-corrected chi connectivity index (χ3v) is 2.93. The van der Waals surface area contributed by atoms with Crippen molar-refractivity contribution in [2.45, 2.75) is 45.7 Å². The summed E-state index contributed by atoms with van der Waals surface area (Å²) in [4.78, 5) is 6.63. The second-order valence-electron chi connectivity index (χ2n) is 5.98. The van der Waals surface area contributed by atoms with E-state index in [-0.39, 0.29) is 5.54 Å². The molecule has 1 aromatic rings. The van der Waals surface area contributed by atoms with Gasteiger partial charge in [0.1, 0.15) is 5.82 Å². The van der Waals surface area contributed by atoms with Gasteiger partial charge in [0.15, 0.2) is 0 Å².